The van der Waals surface area contributed by atoms with Crippen LogP contribution in [0, 0.1) is 11.3 Å². The number of nitrogens with one attached hydrogen (secondary N) is 2. The molecule has 12 heteroatoms. The number of carbonyl (C=O) groups excluding carboxylic acids is 1. The van der Waals surface area contributed by atoms with Gasteiger partial charge in [0.05, 0.1) is 16.5 Å². The third kappa shape index (κ3) is 5.18. The van der Waals surface area contributed by atoms with E-state index < -0.39 is 29.9 Å². The summed E-state index contributed by atoms with van der Waals surface area (Å²) < 4.78 is 43.3. The number of carbonyl (C=O) groups is 1. The number of benzene rings is 1. The maximum Gasteiger partial charge on any atom is 0.422 e. The summed E-state index contributed by atoms with van der Waals surface area (Å²) in [6.45, 7) is 0.582. The molecule has 1 amide bonds. The smallest absolute Gasteiger partial charge is 0.422 e. The van der Waals surface area contributed by atoms with Crippen LogP contribution in [-0.2, 0) is 6.54 Å². The van der Waals surface area contributed by atoms with E-state index in [1.54, 1.807) is 6.07 Å². The third-order valence-corrected chi connectivity index (χ3v) is 5.41. The Hall–Kier alpha value is -4.14. The van der Waals surface area contributed by atoms with Gasteiger partial charge in [-0.15, -0.1) is 0 Å². The summed E-state index contributed by atoms with van der Waals surface area (Å²) in [7, 11) is 0. The zero-order chi connectivity index (χ0) is 25.3. The lowest BCUT2D eigenvalue weighted by molar-refractivity contribution is -0.153. The van der Waals surface area contributed by atoms with Gasteiger partial charge in [0.2, 0.25) is 0 Å². The fraction of sp³-hybridized carbons (Fsp3) is 0.348. The minimum Gasteiger partial charge on any atom is -0.483 e. The number of hydrogen-bond donors (Lipinski definition) is 2. The second kappa shape index (κ2) is 9.25. The number of nitriles is 1. The summed E-state index contributed by atoms with van der Waals surface area (Å²) in [5, 5.41) is 11.8. The van der Waals surface area contributed by atoms with Crippen LogP contribution >= 0.6 is 0 Å². The van der Waals surface area contributed by atoms with Crippen molar-refractivity contribution in [2.45, 2.75) is 44.8 Å². The Morgan fingerprint density at radius 1 is 1.31 bits per heavy atom. The first-order valence-electron chi connectivity index (χ1n) is 10.8. The maximum absolute atomic E-state index is 13.2. The molecule has 1 aliphatic rings. The minimum absolute atomic E-state index is 0.00101. The molecule has 0 radical (unpaired) electrons. The quantitative estimate of drug-likeness (QED) is 0.525. The minimum atomic E-state index is -4.58. The number of nitrogens with zero attached hydrogens (tertiary/aromatic N) is 3. The van der Waals surface area contributed by atoms with Crippen molar-refractivity contribution in [3.8, 4) is 11.8 Å². The highest BCUT2D eigenvalue weighted by Gasteiger charge is 2.30. The van der Waals surface area contributed by atoms with Gasteiger partial charge in [0.25, 0.3) is 11.5 Å². The highest BCUT2D eigenvalue weighted by Crippen LogP contribution is 2.40. The van der Waals surface area contributed by atoms with E-state index in [1.165, 1.54) is 22.8 Å². The molecule has 3 aromatic rings. The van der Waals surface area contributed by atoms with Gasteiger partial charge in [-0.25, -0.2) is 9.78 Å². The van der Waals surface area contributed by atoms with Crippen LogP contribution < -0.4 is 21.3 Å². The molecule has 0 unspecified atom stereocenters. The Balaban J connectivity index is 1.74. The summed E-state index contributed by atoms with van der Waals surface area (Å²) in [5.74, 6) is -0.863. The van der Waals surface area contributed by atoms with Crippen LogP contribution in [0.1, 0.15) is 53.7 Å². The summed E-state index contributed by atoms with van der Waals surface area (Å²) in [5.41, 5.74) is -0.772. The van der Waals surface area contributed by atoms with Crippen LogP contribution in [0.5, 0.6) is 5.75 Å². The number of fused-ring (bicyclic) bond motifs is 1. The molecule has 9 nitrogen and oxygen atoms in total. The largest absolute Gasteiger partial charge is 0.483 e. The maximum atomic E-state index is 13.2. The Bertz CT molecular complexity index is 1470. The van der Waals surface area contributed by atoms with Crippen LogP contribution in [-0.4, -0.2) is 33.2 Å². The van der Waals surface area contributed by atoms with Gasteiger partial charge in [-0.3, -0.25) is 19.1 Å². The first-order chi connectivity index (χ1) is 16.6. The van der Waals surface area contributed by atoms with E-state index in [1.807, 2.05) is 6.92 Å². The van der Waals surface area contributed by atoms with Crippen LogP contribution in [0.15, 0.2) is 33.9 Å². The number of aryl methyl sites for hydroxylation is 1. The van der Waals surface area contributed by atoms with E-state index >= 15 is 0 Å². The number of anilines is 1. The van der Waals surface area contributed by atoms with Crippen molar-refractivity contribution in [1.82, 2.24) is 14.5 Å². The number of aromatic nitrogens is 3. The van der Waals surface area contributed by atoms with E-state index in [4.69, 9.17) is 0 Å². The van der Waals surface area contributed by atoms with E-state index in [0.717, 1.165) is 18.9 Å². The second-order valence-electron chi connectivity index (χ2n) is 8.16. The van der Waals surface area contributed by atoms with Crippen molar-refractivity contribution in [1.29, 1.82) is 5.26 Å². The monoisotopic (exact) mass is 487 g/mol. The van der Waals surface area contributed by atoms with E-state index in [2.05, 4.69) is 20.0 Å². The SMILES string of the molecule is CCCn1c(=O)[nH]c(=O)c2c(C(=O)Nc3ccc(OCC(F)(F)F)c(C#N)c3)cc(C3CC3)nc21. The molecule has 0 spiro atoms. The Kier molecular flexibility index (Phi) is 6.34. The number of aromatic amines is 1. The van der Waals surface area contributed by atoms with Gasteiger partial charge in [-0.05, 0) is 43.5 Å². The number of hydrogen-bond acceptors (Lipinski definition) is 6. The topological polar surface area (TPSA) is 130 Å². The lowest BCUT2D eigenvalue weighted by atomic mass is 10.1. The highest BCUT2D eigenvalue weighted by atomic mass is 19.4. The van der Waals surface area contributed by atoms with Crippen molar-refractivity contribution in [3.63, 3.8) is 0 Å². The molecule has 0 bridgehead atoms. The Morgan fingerprint density at radius 2 is 2.06 bits per heavy atom. The third-order valence-electron chi connectivity index (χ3n) is 5.41. The molecule has 0 atom stereocenters. The molecule has 182 valence electrons. The molecule has 1 fully saturated rings. The number of ether oxygens (including phenoxy) is 1. The van der Waals surface area contributed by atoms with Crippen molar-refractivity contribution in [2.75, 3.05) is 11.9 Å². The summed E-state index contributed by atoms with van der Waals surface area (Å²) in [6.07, 6.45) is -2.25. The molecule has 1 aromatic carbocycles. The summed E-state index contributed by atoms with van der Waals surface area (Å²) in [4.78, 5) is 45.0. The van der Waals surface area contributed by atoms with Crippen LogP contribution in [0.25, 0.3) is 11.0 Å². The van der Waals surface area contributed by atoms with E-state index in [9.17, 15) is 32.8 Å². The molecular weight excluding hydrogens is 467 g/mol. The lowest BCUT2D eigenvalue weighted by Crippen LogP contribution is -2.32. The fourth-order valence-electron chi connectivity index (χ4n) is 3.67. The Morgan fingerprint density at radius 3 is 2.69 bits per heavy atom. The van der Waals surface area contributed by atoms with Crippen LogP contribution in [0.4, 0.5) is 18.9 Å². The van der Waals surface area contributed by atoms with Crippen molar-refractivity contribution >= 4 is 22.6 Å². The molecule has 4 rings (SSSR count). The molecule has 2 N–H and O–H groups in total. The second-order valence-corrected chi connectivity index (χ2v) is 8.16. The van der Waals surface area contributed by atoms with Gasteiger partial charge in [0.1, 0.15) is 11.8 Å². The first kappa shape index (κ1) is 24.0. The van der Waals surface area contributed by atoms with Gasteiger partial charge < -0.3 is 10.1 Å². The molecular formula is C23H20F3N5O4. The predicted molar refractivity (Wildman–Crippen MR) is 120 cm³/mol. The zero-order valence-electron chi connectivity index (χ0n) is 18.5. The predicted octanol–water partition coefficient (Wildman–Crippen LogP) is 3.44. The van der Waals surface area contributed by atoms with Gasteiger partial charge >= 0.3 is 11.9 Å². The van der Waals surface area contributed by atoms with Crippen molar-refractivity contribution in [3.05, 3.63) is 61.9 Å². The molecule has 1 saturated carbocycles. The van der Waals surface area contributed by atoms with E-state index in [-0.39, 0.29) is 39.5 Å². The fourth-order valence-corrected chi connectivity index (χ4v) is 3.67. The summed E-state index contributed by atoms with van der Waals surface area (Å²) in [6, 6.07) is 6.85. The number of amides is 1. The van der Waals surface area contributed by atoms with Gasteiger partial charge in [-0.2, -0.15) is 18.4 Å². The molecule has 35 heavy (non-hydrogen) atoms. The molecule has 2 aromatic heterocycles. The van der Waals surface area contributed by atoms with Gasteiger partial charge in [0, 0.05) is 23.8 Å². The van der Waals surface area contributed by atoms with Crippen LogP contribution in [0.2, 0.25) is 0 Å². The van der Waals surface area contributed by atoms with Gasteiger partial charge in [0.15, 0.2) is 12.3 Å². The van der Waals surface area contributed by atoms with Crippen LogP contribution in [0.3, 0.4) is 0 Å². The number of H-pyrrole nitrogens is 1. The van der Waals surface area contributed by atoms with Gasteiger partial charge in [-0.1, -0.05) is 6.92 Å². The zero-order valence-corrected chi connectivity index (χ0v) is 18.5. The van der Waals surface area contributed by atoms with E-state index in [0.29, 0.717) is 18.7 Å². The average Bonchev–Trinajstić information content (AvgIpc) is 3.65. The van der Waals surface area contributed by atoms with Crippen molar-refractivity contribution < 1.29 is 22.7 Å². The average molecular weight is 487 g/mol. The Labute approximate surface area is 196 Å². The lowest BCUT2D eigenvalue weighted by Gasteiger charge is -2.14. The first-order valence-corrected chi connectivity index (χ1v) is 10.8. The number of rotatable bonds is 7. The number of halogens is 3. The van der Waals surface area contributed by atoms with Crippen molar-refractivity contribution in [2.24, 2.45) is 0 Å². The highest BCUT2D eigenvalue weighted by molar-refractivity contribution is 6.12. The molecule has 1 aliphatic carbocycles. The normalized spacial score (nSPS) is 13.5. The number of pyridine rings is 1. The molecule has 0 saturated heterocycles. The summed E-state index contributed by atoms with van der Waals surface area (Å²) >= 11 is 0. The number of alkyl halides is 3. The standard InChI is InChI=1S/C23H20F3N5O4/c1-2-7-31-19-18(21(33)30-22(31)34)15(9-16(29-19)12-3-4-12)20(32)28-14-5-6-17(13(8-14)10-27)35-11-23(24,25)26/h5-6,8-9,12H,2-4,7,11H2,1H3,(H,28,32)(H,30,33,34). The molecule has 0 aliphatic heterocycles. The molecule has 2 heterocycles.